The molecule has 0 aromatic rings. The van der Waals surface area contributed by atoms with Crippen molar-refractivity contribution in [2.24, 2.45) is 11.7 Å². The van der Waals surface area contributed by atoms with Crippen LogP contribution < -0.4 is 5.73 Å². The van der Waals surface area contributed by atoms with E-state index >= 15 is 0 Å². The first kappa shape index (κ1) is 18.8. The number of rotatable bonds is 7. The van der Waals surface area contributed by atoms with Gasteiger partial charge in [0, 0.05) is 5.75 Å². The van der Waals surface area contributed by atoms with Crippen LogP contribution >= 0.6 is 11.8 Å². The van der Waals surface area contributed by atoms with Gasteiger partial charge >= 0.3 is 17.2 Å². The highest BCUT2D eigenvalue weighted by Gasteiger charge is 2.23. The molecule has 1 fully saturated rings. The number of esters is 2. The van der Waals surface area contributed by atoms with E-state index in [9.17, 15) is 14.4 Å². The molecule has 126 valence electrons. The lowest BCUT2D eigenvalue weighted by atomic mass is 9.89. The Kier molecular flexibility index (Phi) is 8.91. The molecule has 0 radical (unpaired) electrons. The summed E-state index contributed by atoms with van der Waals surface area (Å²) in [6.45, 7) is 1.50. The topological polar surface area (TPSA) is 105 Å². The third kappa shape index (κ3) is 7.13. The maximum atomic E-state index is 11.7. The molecule has 1 saturated carbocycles. The molecule has 0 heterocycles. The summed E-state index contributed by atoms with van der Waals surface area (Å²) in [5.41, 5.74) is 5.54. The highest BCUT2D eigenvalue weighted by atomic mass is 32.2. The van der Waals surface area contributed by atoms with Gasteiger partial charge in [0.05, 0.1) is 12.5 Å². The third-order valence-electron chi connectivity index (χ3n) is 3.29. The minimum Gasteiger partial charge on any atom is -0.465 e. The van der Waals surface area contributed by atoms with Crippen molar-refractivity contribution in [2.75, 3.05) is 19.2 Å². The lowest BCUT2D eigenvalue weighted by molar-refractivity contribution is -0.157. The van der Waals surface area contributed by atoms with E-state index in [1.807, 2.05) is 0 Å². The smallest absolute Gasteiger partial charge is 0.370 e. The Morgan fingerprint density at radius 1 is 1.14 bits per heavy atom. The first-order chi connectivity index (χ1) is 10.5. The molecular formula is C14H23NO6S. The van der Waals surface area contributed by atoms with Crippen LogP contribution in [0.5, 0.6) is 0 Å². The number of carbonyl (C=O) groups excluding carboxylic acids is 3. The Balaban J connectivity index is 2.12. The predicted molar refractivity (Wildman–Crippen MR) is 81.1 cm³/mol. The van der Waals surface area contributed by atoms with Crippen LogP contribution in [0.25, 0.3) is 0 Å². The van der Waals surface area contributed by atoms with Crippen molar-refractivity contribution in [3.63, 3.8) is 0 Å². The molecule has 0 spiro atoms. The molecule has 22 heavy (non-hydrogen) atoms. The van der Waals surface area contributed by atoms with Crippen LogP contribution in [-0.4, -0.2) is 42.4 Å². The van der Waals surface area contributed by atoms with Crippen molar-refractivity contribution in [1.82, 2.24) is 0 Å². The van der Waals surface area contributed by atoms with Crippen molar-refractivity contribution < 1.29 is 28.6 Å². The number of hydrogen-bond acceptors (Lipinski definition) is 8. The second-order valence-electron chi connectivity index (χ2n) is 4.98. The summed E-state index contributed by atoms with van der Waals surface area (Å²) in [6.07, 6.45) is 4.87. The molecule has 1 rings (SSSR count). The molecule has 8 heteroatoms. The summed E-state index contributed by atoms with van der Waals surface area (Å²) >= 11 is 0.748. The second-order valence-corrected chi connectivity index (χ2v) is 5.94. The first-order valence-corrected chi connectivity index (χ1v) is 8.41. The maximum absolute atomic E-state index is 11.7. The molecule has 7 nitrogen and oxygen atoms in total. The normalized spacial score (nSPS) is 16.6. The van der Waals surface area contributed by atoms with E-state index in [4.69, 9.17) is 19.9 Å². The van der Waals surface area contributed by atoms with Gasteiger partial charge in [0.2, 0.25) is 6.79 Å². The lowest BCUT2D eigenvalue weighted by Gasteiger charge is -2.19. The van der Waals surface area contributed by atoms with Gasteiger partial charge in [-0.2, -0.15) is 0 Å². The highest BCUT2D eigenvalue weighted by Crippen LogP contribution is 2.24. The first-order valence-electron chi connectivity index (χ1n) is 7.43. The fourth-order valence-electron chi connectivity index (χ4n) is 2.11. The molecule has 0 aliphatic heterocycles. The van der Waals surface area contributed by atoms with Crippen LogP contribution in [-0.2, 0) is 23.8 Å². The molecule has 0 aromatic carbocycles. The molecule has 0 amide bonds. The number of nitrogens with two attached hydrogens (primary N) is 1. The zero-order valence-electron chi connectivity index (χ0n) is 12.7. The van der Waals surface area contributed by atoms with Gasteiger partial charge in [0.15, 0.2) is 0 Å². The number of hydrogen-bond donors (Lipinski definition) is 1. The maximum Gasteiger partial charge on any atom is 0.370 e. The summed E-state index contributed by atoms with van der Waals surface area (Å²) in [4.78, 5) is 34.4. The van der Waals surface area contributed by atoms with Crippen LogP contribution in [0.4, 0.5) is 4.79 Å². The van der Waals surface area contributed by atoms with Gasteiger partial charge < -0.3 is 19.9 Å². The van der Waals surface area contributed by atoms with Gasteiger partial charge in [-0.1, -0.05) is 19.3 Å². The molecule has 0 saturated heterocycles. The summed E-state index contributed by atoms with van der Waals surface area (Å²) in [6, 6.07) is -0.887. The Labute approximate surface area is 134 Å². The molecule has 2 N–H and O–H groups in total. The van der Waals surface area contributed by atoms with Gasteiger partial charge in [-0.15, -0.1) is 0 Å². The Morgan fingerprint density at radius 3 is 2.45 bits per heavy atom. The van der Waals surface area contributed by atoms with E-state index in [1.54, 1.807) is 6.92 Å². The van der Waals surface area contributed by atoms with Crippen molar-refractivity contribution >= 4 is 29.0 Å². The summed E-state index contributed by atoms with van der Waals surface area (Å²) < 4.78 is 14.4. The molecule has 0 unspecified atom stereocenters. The summed E-state index contributed by atoms with van der Waals surface area (Å²) in [5.74, 6) is -0.918. The monoisotopic (exact) mass is 333 g/mol. The molecule has 1 aliphatic rings. The van der Waals surface area contributed by atoms with E-state index in [1.165, 1.54) is 0 Å². The average molecular weight is 333 g/mol. The third-order valence-corrected chi connectivity index (χ3v) is 4.17. The van der Waals surface area contributed by atoms with E-state index in [0.29, 0.717) is 0 Å². The number of carbonyl (C=O) groups is 3. The Bertz CT molecular complexity index is 384. The van der Waals surface area contributed by atoms with Gasteiger partial charge in [0.25, 0.3) is 0 Å². The predicted octanol–water partition coefficient (Wildman–Crippen LogP) is 1.83. The van der Waals surface area contributed by atoms with Crippen molar-refractivity contribution in [2.45, 2.75) is 45.1 Å². The van der Waals surface area contributed by atoms with Gasteiger partial charge in [-0.25, -0.2) is 4.79 Å². The molecule has 1 atom stereocenters. The van der Waals surface area contributed by atoms with E-state index < -0.39 is 24.1 Å². The van der Waals surface area contributed by atoms with Gasteiger partial charge in [-0.05, 0) is 31.5 Å². The summed E-state index contributed by atoms with van der Waals surface area (Å²) in [5, 5.41) is -0.642. The Hall–Kier alpha value is -1.28. The summed E-state index contributed by atoms with van der Waals surface area (Å²) in [7, 11) is 0. The highest BCUT2D eigenvalue weighted by molar-refractivity contribution is 8.13. The zero-order valence-corrected chi connectivity index (χ0v) is 13.6. The van der Waals surface area contributed by atoms with Crippen LogP contribution in [0.15, 0.2) is 0 Å². The number of ether oxygens (including phenoxy) is 3. The van der Waals surface area contributed by atoms with Crippen molar-refractivity contribution in [3.8, 4) is 0 Å². The number of thioether (sulfide) groups is 1. The standard InChI is InChI=1S/C14H23NO6S/c1-2-19-13(17)11(15)8-22-14(18)21-9-20-12(16)10-6-4-3-5-7-10/h10-11H,2-9,15H2,1H3/t11-/m0/s1. The van der Waals surface area contributed by atoms with Crippen LogP contribution in [0.2, 0.25) is 0 Å². The molecule has 0 aromatic heterocycles. The van der Waals surface area contributed by atoms with E-state index in [0.717, 1.165) is 43.9 Å². The average Bonchev–Trinajstić information content (AvgIpc) is 2.53. The van der Waals surface area contributed by atoms with Crippen molar-refractivity contribution in [3.05, 3.63) is 0 Å². The molecule has 1 aliphatic carbocycles. The van der Waals surface area contributed by atoms with E-state index in [-0.39, 0.29) is 24.2 Å². The Morgan fingerprint density at radius 2 is 1.82 bits per heavy atom. The van der Waals surface area contributed by atoms with Crippen LogP contribution in [0.3, 0.4) is 0 Å². The lowest BCUT2D eigenvalue weighted by Crippen LogP contribution is -2.35. The molecule has 0 bridgehead atoms. The minimum atomic E-state index is -0.887. The van der Waals surface area contributed by atoms with Gasteiger partial charge in [0.1, 0.15) is 6.04 Å². The van der Waals surface area contributed by atoms with E-state index in [2.05, 4.69) is 0 Å². The fraction of sp³-hybridized carbons (Fsp3) is 0.786. The second kappa shape index (κ2) is 10.4. The zero-order chi connectivity index (χ0) is 16.4. The van der Waals surface area contributed by atoms with Crippen molar-refractivity contribution in [1.29, 1.82) is 0 Å². The largest absolute Gasteiger partial charge is 0.465 e. The minimum absolute atomic E-state index is 0.0498. The molecular weight excluding hydrogens is 310 g/mol. The SMILES string of the molecule is CCOC(=O)[C@@H](N)CSC(=O)OCOC(=O)C1CCCCC1. The van der Waals surface area contributed by atoms with Gasteiger partial charge in [-0.3, -0.25) is 9.59 Å². The fourth-order valence-corrected chi connectivity index (χ4v) is 2.69. The van der Waals surface area contributed by atoms with Crippen LogP contribution in [0.1, 0.15) is 39.0 Å². The quantitative estimate of drug-likeness (QED) is 0.556. The van der Waals surface area contributed by atoms with Crippen LogP contribution in [0, 0.1) is 5.92 Å².